The summed E-state index contributed by atoms with van der Waals surface area (Å²) >= 11 is 0. The van der Waals surface area contributed by atoms with E-state index in [0.29, 0.717) is 0 Å². The van der Waals surface area contributed by atoms with Gasteiger partial charge in [-0.2, -0.15) is 4.31 Å². The fourth-order valence-corrected chi connectivity index (χ4v) is 4.48. The summed E-state index contributed by atoms with van der Waals surface area (Å²) in [4.78, 5) is 2.97. The zero-order valence-corrected chi connectivity index (χ0v) is 12.5. The Labute approximate surface area is 123 Å². The van der Waals surface area contributed by atoms with Crippen molar-refractivity contribution in [1.29, 1.82) is 0 Å². The van der Waals surface area contributed by atoms with E-state index in [0.717, 1.165) is 24.0 Å². The number of H-pyrrole nitrogens is 1. The number of hydrogen-bond donors (Lipinski definition) is 1. The Kier molecular flexibility index (Phi) is 3.59. The zero-order valence-electron chi connectivity index (χ0n) is 11.7. The van der Waals surface area contributed by atoms with Crippen molar-refractivity contribution in [2.75, 3.05) is 6.26 Å². The number of hydrogen-bond acceptors (Lipinski definition) is 2. The van der Waals surface area contributed by atoms with Crippen molar-refractivity contribution in [2.45, 2.75) is 24.9 Å². The van der Waals surface area contributed by atoms with Gasteiger partial charge in [-0.15, -0.1) is 0 Å². The van der Waals surface area contributed by atoms with Crippen LogP contribution in [0.5, 0.6) is 0 Å². The summed E-state index contributed by atoms with van der Waals surface area (Å²) in [6.45, 7) is 0. The van der Waals surface area contributed by atoms with Gasteiger partial charge >= 0.3 is 0 Å². The van der Waals surface area contributed by atoms with Crippen molar-refractivity contribution < 1.29 is 12.8 Å². The molecule has 1 aliphatic rings. The van der Waals surface area contributed by atoms with Crippen LogP contribution in [0.25, 0.3) is 0 Å². The van der Waals surface area contributed by atoms with E-state index in [2.05, 4.69) is 4.98 Å². The van der Waals surface area contributed by atoms with Gasteiger partial charge in [0, 0.05) is 12.4 Å². The fourth-order valence-electron chi connectivity index (χ4n) is 3.11. The first kappa shape index (κ1) is 14.3. The molecule has 2 aromatic rings. The molecule has 112 valence electrons. The van der Waals surface area contributed by atoms with Gasteiger partial charge in [0.25, 0.3) is 0 Å². The standard InChI is InChI=1S/C15H17FN2O2S/c1-21(19,20)18-14(11-2-4-13(16)5-3-11)6-7-15(18)12-8-9-17-10-12/h2-5,8-10,14-15,17H,6-7H2,1H3. The van der Waals surface area contributed by atoms with Gasteiger partial charge in [0.05, 0.1) is 18.3 Å². The molecule has 0 bridgehead atoms. The fraction of sp³-hybridized carbons (Fsp3) is 0.333. The molecule has 1 fully saturated rings. The molecule has 4 nitrogen and oxygen atoms in total. The van der Waals surface area contributed by atoms with Crippen molar-refractivity contribution in [3.63, 3.8) is 0 Å². The van der Waals surface area contributed by atoms with Crippen molar-refractivity contribution in [3.05, 3.63) is 59.7 Å². The lowest BCUT2D eigenvalue weighted by molar-refractivity contribution is 0.333. The molecule has 0 aliphatic carbocycles. The van der Waals surface area contributed by atoms with E-state index in [1.807, 2.05) is 12.3 Å². The number of aromatic amines is 1. The van der Waals surface area contributed by atoms with Gasteiger partial charge in [-0.1, -0.05) is 12.1 Å². The largest absolute Gasteiger partial charge is 0.367 e. The third-order valence-corrected chi connectivity index (χ3v) is 5.25. The van der Waals surface area contributed by atoms with Crippen molar-refractivity contribution in [2.24, 2.45) is 0 Å². The number of nitrogens with one attached hydrogen (secondary N) is 1. The van der Waals surface area contributed by atoms with Crippen LogP contribution >= 0.6 is 0 Å². The lowest BCUT2D eigenvalue weighted by Crippen LogP contribution is -2.31. The van der Waals surface area contributed by atoms with Crippen LogP contribution < -0.4 is 0 Å². The molecule has 2 unspecified atom stereocenters. The minimum absolute atomic E-state index is 0.165. The van der Waals surface area contributed by atoms with Gasteiger partial charge < -0.3 is 4.98 Å². The van der Waals surface area contributed by atoms with E-state index in [1.165, 1.54) is 18.4 Å². The Morgan fingerprint density at radius 2 is 1.71 bits per heavy atom. The molecular formula is C15H17FN2O2S. The van der Waals surface area contributed by atoms with Crippen molar-refractivity contribution in [3.8, 4) is 0 Å². The van der Waals surface area contributed by atoms with Gasteiger partial charge in [0.1, 0.15) is 5.82 Å². The first-order chi connectivity index (χ1) is 9.97. The first-order valence-electron chi connectivity index (χ1n) is 6.83. The quantitative estimate of drug-likeness (QED) is 0.947. The smallest absolute Gasteiger partial charge is 0.212 e. The maximum Gasteiger partial charge on any atom is 0.212 e. The highest BCUT2D eigenvalue weighted by atomic mass is 32.2. The van der Waals surface area contributed by atoms with Crippen molar-refractivity contribution in [1.82, 2.24) is 9.29 Å². The van der Waals surface area contributed by atoms with Crippen LogP contribution in [-0.4, -0.2) is 24.0 Å². The van der Waals surface area contributed by atoms with Crippen molar-refractivity contribution >= 4 is 10.0 Å². The summed E-state index contributed by atoms with van der Waals surface area (Å²) in [7, 11) is -3.36. The number of nitrogens with zero attached hydrogens (tertiary/aromatic N) is 1. The van der Waals surface area contributed by atoms with E-state index in [4.69, 9.17) is 0 Å². The number of benzene rings is 1. The van der Waals surface area contributed by atoms with Crippen LogP contribution in [0, 0.1) is 5.82 Å². The van der Waals surface area contributed by atoms with E-state index in [-0.39, 0.29) is 17.9 Å². The molecule has 2 atom stereocenters. The minimum Gasteiger partial charge on any atom is -0.367 e. The molecule has 1 aliphatic heterocycles. The van der Waals surface area contributed by atoms with E-state index < -0.39 is 10.0 Å². The highest BCUT2D eigenvalue weighted by Gasteiger charge is 2.41. The molecule has 1 N–H and O–H groups in total. The highest BCUT2D eigenvalue weighted by molar-refractivity contribution is 7.88. The second kappa shape index (κ2) is 5.27. The summed E-state index contributed by atoms with van der Waals surface area (Å²) in [5.41, 5.74) is 1.80. The predicted molar refractivity (Wildman–Crippen MR) is 78.6 cm³/mol. The maximum atomic E-state index is 13.1. The molecule has 0 radical (unpaired) electrons. The molecule has 1 aromatic carbocycles. The maximum absolute atomic E-state index is 13.1. The van der Waals surface area contributed by atoms with Gasteiger partial charge in [-0.25, -0.2) is 12.8 Å². The topological polar surface area (TPSA) is 53.2 Å². The van der Waals surface area contributed by atoms with E-state index in [9.17, 15) is 12.8 Å². The number of halogens is 1. The molecule has 0 amide bonds. The monoisotopic (exact) mass is 308 g/mol. The molecule has 1 saturated heterocycles. The Balaban J connectivity index is 2.00. The summed E-state index contributed by atoms with van der Waals surface area (Å²) in [5.74, 6) is -0.315. The molecule has 6 heteroatoms. The first-order valence-corrected chi connectivity index (χ1v) is 8.68. The second-order valence-electron chi connectivity index (χ2n) is 5.40. The normalized spacial score (nSPS) is 23.5. The molecule has 0 spiro atoms. The second-order valence-corrected chi connectivity index (χ2v) is 7.29. The summed E-state index contributed by atoms with van der Waals surface area (Å²) in [6.07, 6.45) is 6.34. The van der Waals surface area contributed by atoms with Crippen LogP contribution in [0.15, 0.2) is 42.7 Å². The van der Waals surface area contributed by atoms with E-state index in [1.54, 1.807) is 22.6 Å². The molecule has 3 rings (SSSR count). The lowest BCUT2D eigenvalue weighted by atomic mass is 10.0. The summed E-state index contributed by atoms with van der Waals surface area (Å²) in [6, 6.07) is 7.58. The molecule has 1 aromatic heterocycles. The number of aromatic nitrogens is 1. The SMILES string of the molecule is CS(=O)(=O)N1C(c2ccc(F)cc2)CCC1c1cc[nH]c1. The Morgan fingerprint density at radius 1 is 1.10 bits per heavy atom. The predicted octanol–water partition coefficient (Wildman–Crippen LogP) is 2.99. The van der Waals surface area contributed by atoms with Crippen LogP contribution in [0.2, 0.25) is 0 Å². The Hall–Kier alpha value is -1.66. The highest BCUT2D eigenvalue weighted by Crippen LogP contribution is 2.45. The summed E-state index contributed by atoms with van der Waals surface area (Å²) in [5, 5.41) is 0. The third kappa shape index (κ3) is 2.73. The van der Waals surface area contributed by atoms with Gasteiger partial charge in [0.2, 0.25) is 10.0 Å². The number of sulfonamides is 1. The van der Waals surface area contributed by atoms with Gasteiger partial charge in [-0.3, -0.25) is 0 Å². The van der Waals surface area contributed by atoms with Crippen LogP contribution in [0.4, 0.5) is 4.39 Å². The molecular weight excluding hydrogens is 291 g/mol. The number of rotatable bonds is 3. The molecule has 0 saturated carbocycles. The van der Waals surface area contributed by atoms with Crippen LogP contribution in [0.3, 0.4) is 0 Å². The van der Waals surface area contributed by atoms with Crippen LogP contribution in [0.1, 0.15) is 36.1 Å². The zero-order chi connectivity index (χ0) is 15.0. The lowest BCUT2D eigenvalue weighted by Gasteiger charge is -2.28. The van der Waals surface area contributed by atoms with Gasteiger partial charge in [0.15, 0.2) is 0 Å². The summed E-state index contributed by atoms with van der Waals surface area (Å²) < 4.78 is 39.1. The Bertz CT molecular complexity index is 711. The molecule has 21 heavy (non-hydrogen) atoms. The average Bonchev–Trinajstić information content (AvgIpc) is 3.07. The average molecular weight is 308 g/mol. The minimum atomic E-state index is -3.36. The Morgan fingerprint density at radius 3 is 2.24 bits per heavy atom. The van der Waals surface area contributed by atoms with E-state index >= 15 is 0 Å². The van der Waals surface area contributed by atoms with Gasteiger partial charge in [-0.05, 0) is 42.2 Å². The third-order valence-electron chi connectivity index (χ3n) is 3.97. The van der Waals surface area contributed by atoms with Crippen LogP contribution in [-0.2, 0) is 10.0 Å². The molecule has 2 heterocycles.